The molecule has 1 aromatic heterocycles. The SMILES string of the molecule is CC(C)CC[C@@H]1C[C@H]([C@H]2COC(=O)[C@H]2c2cc[nH]c2)C#C[C@H](CCCO)[C@@H]2C[C@@]3(O)C4=CC(=O)[C@@H]5C[C@@H](O)[C@@H](O)C[C@]5(C)[C@H]4CC[C@]3(CCN=C(N)N)[C@H]2[C@@](C)(O)[C@H](O)C[C@@H](C)[C@@H]1C. The quantitative estimate of drug-likeness (QED) is 0.0644. The average molecular weight is 891 g/mol. The molecule has 0 aromatic carbocycles. The first kappa shape index (κ1) is 48.7. The van der Waals surface area contributed by atoms with E-state index in [2.05, 4.69) is 49.5 Å². The Morgan fingerprint density at radius 2 is 1.75 bits per heavy atom. The number of hydrogen-bond donors (Lipinski definition) is 9. The number of nitrogens with one attached hydrogen (secondary N) is 1. The van der Waals surface area contributed by atoms with Gasteiger partial charge >= 0.3 is 5.97 Å². The van der Waals surface area contributed by atoms with Crippen LogP contribution in [0.2, 0.25) is 0 Å². The summed E-state index contributed by atoms with van der Waals surface area (Å²) in [4.78, 5) is 35.5. The van der Waals surface area contributed by atoms with Gasteiger partial charge in [0, 0.05) is 60.5 Å². The van der Waals surface area contributed by atoms with E-state index >= 15 is 0 Å². The molecule has 1 aromatic rings. The van der Waals surface area contributed by atoms with E-state index in [1.165, 1.54) is 0 Å². The van der Waals surface area contributed by atoms with Gasteiger partial charge in [-0.25, -0.2) is 0 Å². The number of fused-ring (bicyclic) bond motifs is 7. The van der Waals surface area contributed by atoms with Crippen molar-refractivity contribution in [3.63, 3.8) is 0 Å². The minimum Gasteiger partial charge on any atom is -0.465 e. The van der Waals surface area contributed by atoms with Gasteiger partial charge in [-0.05, 0) is 142 Å². The van der Waals surface area contributed by atoms with E-state index in [1.807, 2.05) is 25.4 Å². The molecule has 4 fully saturated rings. The number of cyclic esters (lactones) is 1. The van der Waals surface area contributed by atoms with Gasteiger partial charge in [0.1, 0.15) is 0 Å². The molecule has 6 aliphatic rings. The van der Waals surface area contributed by atoms with Gasteiger partial charge in [-0.2, -0.15) is 0 Å². The zero-order valence-electron chi connectivity index (χ0n) is 39.1. The minimum absolute atomic E-state index is 0.0317. The summed E-state index contributed by atoms with van der Waals surface area (Å²) in [5.41, 5.74) is 7.95. The third kappa shape index (κ3) is 8.62. The van der Waals surface area contributed by atoms with Crippen LogP contribution in [0, 0.1) is 87.8 Å². The van der Waals surface area contributed by atoms with Gasteiger partial charge in [-0.1, -0.05) is 52.9 Å². The summed E-state index contributed by atoms with van der Waals surface area (Å²) in [6.45, 7) is 12.8. The molecule has 7 rings (SSSR count). The molecule has 11 N–H and O–H groups in total. The highest BCUT2D eigenvalue weighted by Crippen LogP contribution is 2.72. The predicted molar refractivity (Wildman–Crippen MR) is 244 cm³/mol. The van der Waals surface area contributed by atoms with Crippen LogP contribution in [0.1, 0.15) is 130 Å². The lowest BCUT2D eigenvalue weighted by Gasteiger charge is -2.61. The van der Waals surface area contributed by atoms with E-state index in [1.54, 1.807) is 13.0 Å². The smallest absolute Gasteiger partial charge is 0.313 e. The molecule has 64 heavy (non-hydrogen) atoms. The number of aliphatic hydroxyl groups excluding tert-OH is 4. The van der Waals surface area contributed by atoms with Crippen molar-refractivity contribution < 1.29 is 45.0 Å². The number of ether oxygens (including phenoxy) is 1. The Morgan fingerprint density at radius 3 is 2.42 bits per heavy atom. The number of esters is 1. The van der Waals surface area contributed by atoms with Crippen LogP contribution in [0.5, 0.6) is 0 Å². The number of H-pyrrole nitrogens is 1. The van der Waals surface area contributed by atoms with Gasteiger partial charge in [0.05, 0.1) is 42.0 Å². The van der Waals surface area contributed by atoms with Crippen molar-refractivity contribution in [2.45, 2.75) is 154 Å². The van der Waals surface area contributed by atoms with Gasteiger partial charge in [0.15, 0.2) is 11.7 Å². The van der Waals surface area contributed by atoms with Crippen molar-refractivity contribution in [3.05, 3.63) is 35.7 Å². The number of rotatable bonds is 11. The van der Waals surface area contributed by atoms with E-state index in [9.17, 15) is 40.2 Å². The maximum absolute atomic E-state index is 14.4. The van der Waals surface area contributed by atoms with E-state index in [0.29, 0.717) is 50.0 Å². The number of nitrogens with zero attached hydrogens (tertiary/aromatic N) is 1. The molecule has 18 atom stereocenters. The molecule has 0 radical (unpaired) electrons. The summed E-state index contributed by atoms with van der Waals surface area (Å²) in [6.07, 6.45) is 7.48. The first-order valence-corrected chi connectivity index (χ1v) is 24.4. The van der Waals surface area contributed by atoms with Crippen molar-refractivity contribution in [2.75, 3.05) is 19.8 Å². The third-order valence-electron chi connectivity index (χ3n) is 18.2. The summed E-state index contributed by atoms with van der Waals surface area (Å²) in [5, 5.41) is 72.2. The van der Waals surface area contributed by atoms with Gasteiger partial charge in [-0.15, -0.1) is 0 Å². The Hall–Kier alpha value is -3.25. The highest BCUT2D eigenvalue weighted by Gasteiger charge is 2.73. The summed E-state index contributed by atoms with van der Waals surface area (Å²) in [6, 6.07) is 1.93. The first-order valence-electron chi connectivity index (χ1n) is 24.4. The van der Waals surface area contributed by atoms with E-state index in [0.717, 1.165) is 18.4 Å². The minimum atomic E-state index is -1.77. The summed E-state index contributed by atoms with van der Waals surface area (Å²) in [7, 11) is 0. The second kappa shape index (κ2) is 18.8. The molecule has 5 aliphatic carbocycles. The highest BCUT2D eigenvalue weighted by atomic mass is 16.5. The van der Waals surface area contributed by atoms with E-state index in [-0.39, 0.29) is 98.7 Å². The Labute approximate surface area is 380 Å². The number of allylic oxidation sites excluding steroid dienone is 1. The summed E-state index contributed by atoms with van der Waals surface area (Å²) in [5.74, 6) is 4.10. The molecule has 0 spiro atoms. The van der Waals surface area contributed by atoms with Crippen molar-refractivity contribution in [3.8, 4) is 11.8 Å². The maximum atomic E-state index is 14.4. The fourth-order valence-electron chi connectivity index (χ4n) is 14.6. The van der Waals surface area contributed by atoms with Crippen LogP contribution in [0.3, 0.4) is 0 Å². The normalized spacial score (nSPS) is 44.7. The summed E-state index contributed by atoms with van der Waals surface area (Å²) >= 11 is 0. The zero-order chi connectivity index (χ0) is 46.5. The lowest BCUT2D eigenvalue weighted by molar-refractivity contribution is -0.190. The highest BCUT2D eigenvalue weighted by molar-refractivity contribution is 5.95. The fraction of sp³-hybridized carbons (Fsp3) is 0.784. The monoisotopic (exact) mass is 891 g/mol. The molecule has 13 nitrogen and oxygen atoms in total. The van der Waals surface area contributed by atoms with Crippen LogP contribution < -0.4 is 11.5 Å². The van der Waals surface area contributed by atoms with E-state index in [4.69, 9.17) is 16.2 Å². The third-order valence-corrected chi connectivity index (χ3v) is 18.2. The van der Waals surface area contributed by atoms with Gasteiger partial charge in [-0.3, -0.25) is 14.6 Å². The van der Waals surface area contributed by atoms with Crippen LogP contribution >= 0.6 is 0 Å². The largest absolute Gasteiger partial charge is 0.465 e. The molecule has 0 amide bonds. The van der Waals surface area contributed by atoms with Gasteiger partial charge in [0.25, 0.3) is 0 Å². The number of aliphatic hydroxyl groups is 6. The molecule has 3 saturated carbocycles. The Kier molecular flexibility index (Phi) is 14.3. The number of hydrogen-bond acceptors (Lipinski definition) is 10. The number of carbonyl (C=O) groups excluding carboxylic acids is 2. The number of carbonyl (C=O) groups is 2. The Balaban J connectivity index is 1.43. The van der Waals surface area contributed by atoms with Gasteiger partial charge in [0.2, 0.25) is 0 Å². The van der Waals surface area contributed by atoms with Crippen LogP contribution in [0.15, 0.2) is 35.1 Å². The maximum Gasteiger partial charge on any atom is 0.313 e. The van der Waals surface area contributed by atoms with Crippen LogP contribution in [0.4, 0.5) is 0 Å². The van der Waals surface area contributed by atoms with Crippen LogP contribution in [-0.2, 0) is 14.3 Å². The van der Waals surface area contributed by atoms with Crippen molar-refractivity contribution >= 4 is 17.7 Å². The molecule has 0 bridgehead atoms. The number of aromatic nitrogens is 1. The van der Waals surface area contributed by atoms with Crippen molar-refractivity contribution in [1.29, 1.82) is 0 Å². The lowest BCUT2D eigenvalue weighted by atomic mass is 9.44. The second-order valence-electron chi connectivity index (χ2n) is 22.2. The zero-order valence-corrected chi connectivity index (χ0v) is 39.1. The first-order chi connectivity index (χ1) is 30.2. The average Bonchev–Trinajstić information content (AvgIpc) is 3.96. The number of nitrogens with two attached hydrogens (primary N) is 2. The topological polar surface area (TPSA) is 245 Å². The number of ketones is 1. The van der Waals surface area contributed by atoms with Crippen LogP contribution in [0.25, 0.3) is 0 Å². The van der Waals surface area contributed by atoms with Crippen LogP contribution in [-0.4, -0.2) is 103 Å². The molecule has 356 valence electrons. The van der Waals surface area contributed by atoms with Gasteiger partial charge < -0.3 is 51.8 Å². The molecule has 13 heteroatoms. The van der Waals surface area contributed by atoms with E-state index < -0.39 is 69.9 Å². The molecular formula is C51H78N4O9. The molecule has 1 saturated heterocycles. The predicted octanol–water partition coefficient (Wildman–Crippen LogP) is 4.58. The lowest BCUT2D eigenvalue weighted by Crippen LogP contribution is -2.64. The number of aliphatic imine (C=N–C) groups is 1. The molecular weight excluding hydrogens is 813 g/mol. The fourth-order valence-corrected chi connectivity index (χ4v) is 14.6. The molecule has 0 unspecified atom stereocenters. The summed E-state index contributed by atoms with van der Waals surface area (Å²) < 4.78 is 5.85. The van der Waals surface area contributed by atoms with Crippen molar-refractivity contribution in [1.82, 2.24) is 4.98 Å². The van der Waals surface area contributed by atoms with Crippen molar-refractivity contribution in [2.24, 2.45) is 92.4 Å². The second-order valence-corrected chi connectivity index (χ2v) is 22.2. The number of aromatic amines is 1. The Bertz CT molecular complexity index is 1950. The molecule has 2 heterocycles. The standard InChI is InChI=1S/C51H78N4O9/c1-28(2)9-10-32-21-33(36-27-64-46(61)44(36)34-14-17-54-26-34)12-11-31(8-7-19-56)35-24-51(63)38-22-40(57)39-23-41(58)42(59)25-48(39,5)37(38)13-15-50(51,16-18-55-47(52)53)45(35)49(6,62)43(60)20-29(3)30(32)4/h14,17,22,26,28-33,35-37,39,41-45,54,56,58-60,62-63H,7-10,13,15-16,18-21,23-25,27H2,1-6H3,(H4,52,53,55)/t29-,30+,31+,32-,33-,35+,36-,37+,39+,41-,42+,43-,44+,45-,48-,49+,50+,51-/m1/s1. The molecule has 1 aliphatic heterocycles. The Morgan fingerprint density at radius 1 is 1.00 bits per heavy atom. The number of guanidine groups is 1.